The number of benzene rings is 1. The molecule has 1 rings (SSSR count). The molecule has 0 saturated heterocycles. The maximum absolute atomic E-state index is 12.2. The highest BCUT2D eigenvalue weighted by Gasteiger charge is 2.36. The molecule has 0 aliphatic heterocycles. The number of rotatable bonds is 13. The van der Waals surface area contributed by atoms with E-state index in [4.69, 9.17) is 0 Å². The molecule has 0 saturated carbocycles. The monoisotopic (exact) mass is 604 g/mol. The molecule has 2 atom stereocenters. The third kappa shape index (κ3) is 13.3. The lowest BCUT2D eigenvalue weighted by Crippen LogP contribution is -2.59. The Morgan fingerprint density at radius 1 is 0.721 bits per heavy atom. The second kappa shape index (κ2) is 14.4. The lowest BCUT2D eigenvalue weighted by Gasteiger charge is -2.49. The number of carboxylic acids is 2. The predicted molar refractivity (Wildman–Crippen MR) is 179 cm³/mol. The summed E-state index contributed by atoms with van der Waals surface area (Å²) in [6.45, 7) is 35.2. The van der Waals surface area contributed by atoms with Crippen LogP contribution in [-0.4, -0.2) is 90.2 Å². The first-order valence-corrected chi connectivity index (χ1v) is 15.7. The largest absolute Gasteiger partial charge is 0.481 e. The van der Waals surface area contributed by atoms with Crippen LogP contribution in [0.25, 0.3) is 0 Å². The van der Waals surface area contributed by atoms with Gasteiger partial charge in [-0.25, -0.2) is 0 Å². The van der Waals surface area contributed by atoms with Crippen molar-refractivity contribution in [2.45, 2.75) is 157 Å². The van der Waals surface area contributed by atoms with Crippen molar-refractivity contribution in [3.8, 4) is 0 Å². The van der Waals surface area contributed by atoms with Crippen molar-refractivity contribution < 1.29 is 19.8 Å². The topological polar surface area (TPSA) is 96.3 Å². The maximum atomic E-state index is 12.2. The fraction of sp³-hybridized carbons (Fsp3) is 0.771. The Morgan fingerprint density at radius 2 is 1.21 bits per heavy atom. The van der Waals surface area contributed by atoms with Crippen molar-refractivity contribution in [3.05, 3.63) is 35.4 Å². The summed E-state index contributed by atoms with van der Waals surface area (Å²) in [4.78, 5) is 31.5. The summed E-state index contributed by atoms with van der Waals surface area (Å²) in [7, 11) is 0. The number of nitrogens with zero attached hydrogens (tertiary/aromatic N) is 3. The van der Waals surface area contributed by atoms with Gasteiger partial charge in [-0.3, -0.25) is 29.6 Å². The van der Waals surface area contributed by atoms with Gasteiger partial charge in [0.15, 0.2) is 0 Å². The van der Waals surface area contributed by atoms with E-state index in [1.807, 2.05) is 45.0 Å². The van der Waals surface area contributed by atoms with E-state index >= 15 is 0 Å². The van der Waals surface area contributed by atoms with Crippen LogP contribution in [0.5, 0.6) is 0 Å². The second-order valence-electron chi connectivity index (χ2n) is 17.1. The molecule has 43 heavy (non-hydrogen) atoms. The molecule has 0 aromatic heterocycles. The number of aliphatic carboxylic acids is 2. The number of carboxylic acid groups (broad SMARTS) is 2. The summed E-state index contributed by atoms with van der Waals surface area (Å²) in [5, 5.41) is 23.1. The molecule has 0 amide bonds. The highest BCUT2D eigenvalue weighted by Crippen LogP contribution is 2.28. The molecule has 0 fully saturated rings. The van der Waals surface area contributed by atoms with Crippen molar-refractivity contribution in [1.82, 2.24) is 20.0 Å². The van der Waals surface area contributed by atoms with Gasteiger partial charge in [-0.15, -0.1) is 0 Å². The summed E-state index contributed by atoms with van der Waals surface area (Å²) in [6.07, 6.45) is 0.0286. The van der Waals surface area contributed by atoms with Crippen LogP contribution >= 0.6 is 0 Å². The molecule has 1 aromatic carbocycles. The summed E-state index contributed by atoms with van der Waals surface area (Å²) in [5.74, 6) is -1.73. The Kier molecular flexibility index (Phi) is 13.1. The minimum absolute atomic E-state index is 0.00603. The van der Waals surface area contributed by atoms with Crippen LogP contribution in [0.3, 0.4) is 0 Å². The van der Waals surface area contributed by atoms with Gasteiger partial charge in [-0.1, -0.05) is 24.3 Å². The molecule has 8 nitrogen and oxygen atoms in total. The molecule has 1 aromatic rings. The van der Waals surface area contributed by atoms with Crippen LogP contribution in [0.4, 0.5) is 0 Å². The van der Waals surface area contributed by atoms with Gasteiger partial charge < -0.3 is 10.2 Å². The highest BCUT2D eigenvalue weighted by molar-refractivity contribution is 5.75. The van der Waals surface area contributed by atoms with Gasteiger partial charge >= 0.3 is 11.9 Å². The summed E-state index contributed by atoms with van der Waals surface area (Å²) < 4.78 is 0. The van der Waals surface area contributed by atoms with Gasteiger partial charge in [0.05, 0.1) is 6.42 Å². The number of hydrogen-bond acceptors (Lipinski definition) is 6. The molecule has 0 aliphatic rings. The molecule has 0 spiro atoms. The molecular weight excluding hydrogens is 540 g/mol. The van der Waals surface area contributed by atoms with E-state index in [9.17, 15) is 19.8 Å². The fourth-order valence-corrected chi connectivity index (χ4v) is 5.97. The van der Waals surface area contributed by atoms with E-state index < -0.39 is 18.0 Å². The average molecular weight is 605 g/mol. The zero-order valence-electron chi connectivity index (χ0n) is 30.1. The number of hydrogen-bond donors (Lipinski definition) is 3. The third-order valence-electron chi connectivity index (χ3n) is 7.80. The Balaban J connectivity index is 3.40. The number of nitrogens with one attached hydrogen (secondary N) is 1. The summed E-state index contributed by atoms with van der Waals surface area (Å²) in [6, 6.07) is 6.64. The summed E-state index contributed by atoms with van der Waals surface area (Å²) in [5.41, 5.74) is 0.879. The standard InChI is InChI=1S/C35H64N4O4/c1-31(2,3)36-29(30(42)43)26-18-16-25(17-19-26)23-38(33(7,8)9)27(22-28(40)41)24-37(32(4,5)6)20-21-39(34(10,11)12)35(13,14)15/h16-19,27,29,36H,20-24H2,1-15H3,(H,40,41)(H,42,43). The van der Waals surface area contributed by atoms with Gasteiger partial charge in [0, 0.05) is 59.9 Å². The smallest absolute Gasteiger partial charge is 0.325 e. The van der Waals surface area contributed by atoms with Crippen molar-refractivity contribution in [2.75, 3.05) is 19.6 Å². The molecule has 0 aliphatic carbocycles. The minimum atomic E-state index is -0.917. The average Bonchev–Trinajstić information content (AvgIpc) is 2.76. The normalized spacial score (nSPS) is 15.3. The Labute approximate surface area is 263 Å². The molecular formula is C35H64N4O4. The molecule has 3 N–H and O–H groups in total. The highest BCUT2D eigenvalue weighted by atomic mass is 16.4. The quantitative estimate of drug-likeness (QED) is 0.231. The van der Waals surface area contributed by atoms with Gasteiger partial charge in [0.25, 0.3) is 0 Å². The van der Waals surface area contributed by atoms with Crippen LogP contribution in [0, 0.1) is 0 Å². The Bertz CT molecular complexity index is 1020. The van der Waals surface area contributed by atoms with E-state index in [2.05, 4.69) is 103 Å². The minimum Gasteiger partial charge on any atom is -0.481 e. The van der Waals surface area contributed by atoms with E-state index in [-0.39, 0.29) is 40.2 Å². The molecule has 248 valence electrons. The molecule has 0 bridgehead atoms. The van der Waals surface area contributed by atoms with Crippen molar-refractivity contribution >= 4 is 11.9 Å². The van der Waals surface area contributed by atoms with Crippen LogP contribution in [0.2, 0.25) is 0 Å². The lowest BCUT2D eigenvalue weighted by molar-refractivity contribution is -0.141. The van der Waals surface area contributed by atoms with Crippen molar-refractivity contribution in [1.29, 1.82) is 0 Å². The van der Waals surface area contributed by atoms with E-state index in [1.165, 1.54) is 0 Å². The van der Waals surface area contributed by atoms with Crippen LogP contribution < -0.4 is 5.32 Å². The third-order valence-corrected chi connectivity index (χ3v) is 7.80. The van der Waals surface area contributed by atoms with Gasteiger partial charge in [-0.2, -0.15) is 0 Å². The van der Waals surface area contributed by atoms with Crippen LogP contribution in [0.15, 0.2) is 24.3 Å². The van der Waals surface area contributed by atoms with E-state index in [1.54, 1.807) is 0 Å². The Hall–Kier alpha value is -2.00. The van der Waals surface area contributed by atoms with Gasteiger partial charge in [0.1, 0.15) is 6.04 Å². The first-order valence-electron chi connectivity index (χ1n) is 15.7. The van der Waals surface area contributed by atoms with Crippen molar-refractivity contribution in [3.63, 3.8) is 0 Å². The van der Waals surface area contributed by atoms with Crippen LogP contribution in [-0.2, 0) is 16.1 Å². The molecule has 8 heteroatoms. The van der Waals surface area contributed by atoms with Crippen LogP contribution in [0.1, 0.15) is 127 Å². The molecule has 0 radical (unpaired) electrons. The predicted octanol–water partition coefficient (Wildman–Crippen LogP) is 6.64. The lowest BCUT2D eigenvalue weighted by atomic mass is 9.95. The fourth-order valence-electron chi connectivity index (χ4n) is 5.97. The summed E-state index contributed by atoms with van der Waals surface area (Å²) >= 11 is 0. The first kappa shape index (κ1) is 39.0. The first-order chi connectivity index (χ1) is 19.1. The number of carbonyl (C=O) groups is 2. The van der Waals surface area contributed by atoms with Gasteiger partial charge in [-0.05, 0) is 115 Å². The van der Waals surface area contributed by atoms with E-state index in [0.29, 0.717) is 18.7 Å². The maximum Gasteiger partial charge on any atom is 0.325 e. The van der Waals surface area contributed by atoms with Crippen molar-refractivity contribution in [2.24, 2.45) is 0 Å². The molecule has 2 unspecified atom stereocenters. The zero-order valence-corrected chi connectivity index (χ0v) is 30.1. The SMILES string of the molecule is CC(C)(C)NC(C(=O)O)c1ccc(CN(C(CC(=O)O)CN(CCN(C(C)(C)C)C(C)(C)C)C(C)(C)C)C(C)(C)C)cc1. The van der Waals surface area contributed by atoms with Gasteiger partial charge in [0.2, 0.25) is 0 Å². The van der Waals surface area contributed by atoms with E-state index in [0.717, 1.165) is 18.7 Å². The molecule has 0 heterocycles. The second-order valence-corrected chi connectivity index (χ2v) is 17.1. The zero-order chi connectivity index (χ0) is 33.8. The Morgan fingerprint density at radius 3 is 1.56 bits per heavy atom.